The van der Waals surface area contributed by atoms with Crippen LogP contribution in [0.5, 0.6) is 0 Å². The molecular weight excluding hydrogens is 224 g/mol. The number of carbonyl (C=O) groups excluding carboxylic acids is 1. The number of carbonyl (C=O) groups is 1. The Bertz CT molecular complexity index is 579. The molecule has 3 heteroatoms. The van der Waals surface area contributed by atoms with E-state index in [-0.39, 0.29) is 5.91 Å². The summed E-state index contributed by atoms with van der Waals surface area (Å²) in [6.45, 7) is 2.86. The van der Waals surface area contributed by atoms with E-state index in [4.69, 9.17) is 0 Å². The number of amides is 1. The van der Waals surface area contributed by atoms with Crippen molar-refractivity contribution in [3.05, 3.63) is 48.0 Å². The van der Waals surface area contributed by atoms with Crippen molar-refractivity contribution in [2.24, 2.45) is 0 Å². The van der Waals surface area contributed by atoms with Gasteiger partial charge in [0.25, 0.3) is 0 Å². The SMILES string of the molecule is O=C1CNCCN1Cc1ccc2ccccc2c1. The Kier molecular flexibility index (Phi) is 2.99. The number of hydrogen-bond donors (Lipinski definition) is 1. The molecule has 92 valence electrons. The normalized spacial score (nSPS) is 16.2. The lowest BCUT2D eigenvalue weighted by atomic mass is 10.1. The molecule has 1 aliphatic rings. The summed E-state index contributed by atoms with van der Waals surface area (Å²) in [5, 5.41) is 5.57. The van der Waals surface area contributed by atoms with Gasteiger partial charge in [0.15, 0.2) is 0 Å². The van der Waals surface area contributed by atoms with E-state index in [0.29, 0.717) is 13.1 Å². The fourth-order valence-corrected chi connectivity index (χ4v) is 2.37. The lowest BCUT2D eigenvalue weighted by Gasteiger charge is -2.27. The van der Waals surface area contributed by atoms with Crippen molar-refractivity contribution in [2.75, 3.05) is 19.6 Å². The van der Waals surface area contributed by atoms with E-state index in [2.05, 4.69) is 35.6 Å². The summed E-state index contributed by atoms with van der Waals surface area (Å²) in [5.74, 6) is 0.189. The Labute approximate surface area is 106 Å². The van der Waals surface area contributed by atoms with Crippen LogP contribution in [0.1, 0.15) is 5.56 Å². The summed E-state index contributed by atoms with van der Waals surface area (Å²) in [5.41, 5.74) is 1.20. The van der Waals surface area contributed by atoms with Crippen LogP contribution in [0.15, 0.2) is 42.5 Å². The summed E-state index contributed by atoms with van der Waals surface area (Å²) in [7, 11) is 0. The molecule has 0 bridgehead atoms. The fraction of sp³-hybridized carbons (Fsp3) is 0.267. The van der Waals surface area contributed by atoms with Crippen LogP contribution in [-0.2, 0) is 11.3 Å². The third-order valence-electron chi connectivity index (χ3n) is 3.37. The van der Waals surface area contributed by atoms with E-state index in [1.807, 2.05) is 17.0 Å². The lowest BCUT2D eigenvalue weighted by molar-refractivity contribution is -0.132. The quantitative estimate of drug-likeness (QED) is 0.867. The van der Waals surface area contributed by atoms with Gasteiger partial charge in [-0.15, -0.1) is 0 Å². The minimum absolute atomic E-state index is 0.189. The first kappa shape index (κ1) is 11.2. The monoisotopic (exact) mass is 240 g/mol. The van der Waals surface area contributed by atoms with Gasteiger partial charge in [0.1, 0.15) is 0 Å². The molecule has 0 unspecified atom stereocenters. The van der Waals surface area contributed by atoms with Crippen molar-refractivity contribution in [2.45, 2.75) is 6.54 Å². The van der Waals surface area contributed by atoms with Gasteiger partial charge < -0.3 is 10.2 Å². The summed E-state index contributed by atoms with van der Waals surface area (Å²) >= 11 is 0. The maximum atomic E-state index is 11.7. The van der Waals surface area contributed by atoms with Gasteiger partial charge in [-0.2, -0.15) is 0 Å². The van der Waals surface area contributed by atoms with Crippen LogP contribution < -0.4 is 5.32 Å². The summed E-state index contributed by atoms with van der Waals surface area (Å²) in [6, 6.07) is 14.7. The van der Waals surface area contributed by atoms with Gasteiger partial charge in [0.05, 0.1) is 6.54 Å². The van der Waals surface area contributed by atoms with Crippen LogP contribution >= 0.6 is 0 Å². The van der Waals surface area contributed by atoms with Crippen molar-refractivity contribution < 1.29 is 4.79 Å². The highest BCUT2D eigenvalue weighted by Crippen LogP contribution is 2.17. The molecule has 3 rings (SSSR count). The van der Waals surface area contributed by atoms with Crippen LogP contribution in [0.25, 0.3) is 10.8 Å². The van der Waals surface area contributed by atoms with Gasteiger partial charge in [0, 0.05) is 19.6 Å². The number of hydrogen-bond acceptors (Lipinski definition) is 2. The Balaban J connectivity index is 1.83. The van der Waals surface area contributed by atoms with Crippen LogP contribution in [0.3, 0.4) is 0 Å². The maximum Gasteiger partial charge on any atom is 0.236 e. The number of benzene rings is 2. The first-order chi connectivity index (χ1) is 8.83. The highest BCUT2D eigenvalue weighted by Gasteiger charge is 2.17. The zero-order valence-electron chi connectivity index (χ0n) is 10.2. The lowest BCUT2D eigenvalue weighted by Crippen LogP contribution is -2.47. The molecule has 3 nitrogen and oxygen atoms in total. The molecular formula is C15H16N2O. The van der Waals surface area contributed by atoms with Gasteiger partial charge in [-0.1, -0.05) is 36.4 Å². The van der Waals surface area contributed by atoms with Crippen LogP contribution in [0.2, 0.25) is 0 Å². The average molecular weight is 240 g/mol. The highest BCUT2D eigenvalue weighted by atomic mass is 16.2. The Hall–Kier alpha value is -1.87. The molecule has 0 radical (unpaired) electrons. The van der Waals surface area contributed by atoms with Crippen molar-refractivity contribution in [1.29, 1.82) is 0 Å². The topological polar surface area (TPSA) is 32.3 Å². The predicted octanol–water partition coefficient (Wildman–Crippen LogP) is 1.77. The van der Waals surface area contributed by atoms with E-state index in [1.54, 1.807) is 0 Å². The second-order valence-corrected chi connectivity index (χ2v) is 4.67. The minimum Gasteiger partial charge on any atom is -0.336 e. The zero-order valence-corrected chi connectivity index (χ0v) is 10.2. The average Bonchev–Trinajstić information content (AvgIpc) is 2.41. The molecule has 1 amide bonds. The molecule has 1 aliphatic heterocycles. The predicted molar refractivity (Wildman–Crippen MR) is 72.2 cm³/mol. The number of rotatable bonds is 2. The highest BCUT2D eigenvalue weighted by molar-refractivity contribution is 5.83. The van der Waals surface area contributed by atoms with E-state index in [9.17, 15) is 4.79 Å². The van der Waals surface area contributed by atoms with Crippen molar-refractivity contribution in [1.82, 2.24) is 10.2 Å². The molecule has 0 saturated carbocycles. The maximum absolute atomic E-state index is 11.7. The van der Waals surface area contributed by atoms with E-state index < -0.39 is 0 Å². The summed E-state index contributed by atoms with van der Waals surface area (Å²) in [6.07, 6.45) is 0. The second kappa shape index (κ2) is 4.78. The molecule has 18 heavy (non-hydrogen) atoms. The molecule has 1 saturated heterocycles. The molecule has 0 aromatic heterocycles. The third kappa shape index (κ3) is 2.22. The smallest absolute Gasteiger partial charge is 0.236 e. The molecule has 0 aliphatic carbocycles. The first-order valence-corrected chi connectivity index (χ1v) is 6.29. The summed E-state index contributed by atoms with van der Waals surface area (Å²) in [4.78, 5) is 13.6. The van der Waals surface area contributed by atoms with Crippen LogP contribution in [0.4, 0.5) is 0 Å². The van der Waals surface area contributed by atoms with Crippen molar-refractivity contribution in [3.63, 3.8) is 0 Å². The fourth-order valence-electron chi connectivity index (χ4n) is 2.37. The van der Waals surface area contributed by atoms with Gasteiger partial charge in [-0.25, -0.2) is 0 Å². The van der Waals surface area contributed by atoms with Gasteiger partial charge in [-0.05, 0) is 22.4 Å². The third-order valence-corrected chi connectivity index (χ3v) is 3.37. The van der Waals surface area contributed by atoms with Crippen LogP contribution in [-0.4, -0.2) is 30.4 Å². The standard InChI is InChI=1S/C15H16N2O/c18-15-10-16-7-8-17(15)11-12-5-6-13-3-1-2-4-14(13)9-12/h1-6,9,16H,7-8,10-11H2. The van der Waals surface area contributed by atoms with E-state index >= 15 is 0 Å². The molecule has 2 aromatic rings. The van der Waals surface area contributed by atoms with E-state index in [1.165, 1.54) is 16.3 Å². The van der Waals surface area contributed by atoms with Crippen LogP contribution in [0, 0.1) is 0 Å². The summed E-state index contributed by atoms with van der Waals surface area (Å²) < 4.78 is 0. The minimum atomic E-state index is 0.189. The zero-order chi connectivity index (χ0) is 12.4. The van der Waals surface area contributed by atoms with Crippen molar-refractivity contribution >= 4 is 16.7 Å². The second-order valence-electron chi connectivity index (χ2n) is 4.67. The number of piperazine rings is 1. The van der Waals surface area contributed by atoms with Gasteiger partial charge >= 0.3 is 0 Å². The van der Waals surface area contributed by atoms with Crippen molar-refractivity contribution in [3.8, 4) is 0 Å². The van der Waals surface area contributed by atoms with Gasteiger partial charge in [-0.3, -0.25) is 4.79 Å². The molecule has 1 heterocycles. The molecule has 1 fully saturated rings. The Morgan fingerprint density at radius 2 is 1.94 bits per heavy atom. The molecule has 0 atom stereocenters. The van der Waals surface area contributed by atoms with Gasteiger partial charge in [0.2, 0.25) is 5.91 Å². The molecule has 2 aromatic carbocycles. The largest absolute Gasteiger partial charge is 0.336 e. The first-order valence-electron chi connectivity index (χ1n) is 6.29. The number of nitrogens with zero attached hydrogens (tertiary/aromatic N) is 1. The molecule has 0 spiro atoms. The Morgan fingerprint density at radius 1 is 1.11 bits per heavy atom. The van der Waals surface area contributed by atoms with E-state index in [0.717, 1.165) is 13.1 Å². The number of nitrogens with one attached hydrogen (secondary N) is 1. The molecule has 1 N–H and O–H groups in total. The Morgan fingerprint density at radius 3 is 2.78 bits per heavy atom. The number of fused-ring (bicyclic) bond motifs is 1.